The molecule has 4 nitrogen and oxygen atoms in total. The highest BCUT2D eigenvalue weighted by Crippen LogP contribution is 2.45. The third-order valence-corrected chi connectivity index (χ3v) is 3.17. The van der Waals surface area contributed by atoms with Crippen molar-refractivity contribution >= 4 is 5.91 Å². The van der Waals surface area contributed by atoms with Crippen molar-refractivity contribution < 1.29 is 18.7 Å². The fourth-order valence-electron chi connectivity index (χ4n) is 2.01. The number of rotatable bonds is 7. The van der Waals surface area contributed by atoms with Gasteiger partial charge in [-0.25, -0.2) is 4.39 Å². The zero-order valence-electron chi connectivity index (χ0n) is 10.9. The van der Waals surface area contributed by atoms with Crippen LogP contribution in [0.15, 0.2) is 24.3 Å². The topological polar surface area (TPSA) is 47.6 Å². The first kappa shape index (κ1) is 14.0. The lowest BCUT2D eigenvalue weighted by Gasteiger charge is -2.18. The van der Waals surface area contributed by atoms with E-state index in [2.05, 4.69) is 5.32 Å². The highest BCUT2D eigenvalue weighted by Gasteiger charge is 2.45. The molecule has 1 aromatic carbocycles. The minimum absolute atomic E-state index is 0.000422. The van der Waals surface area contributed by atoms with Crippen molar-refractivity contribution in [3.05, 3.63) is 35.6 Å². The van der Waals surface area contributed by atoms with Gasteiger partial charge >= 0.3 is 0 Å². The van der Waals surface area contributed by atoms with Crippen LogP contribution in [0.4, 0.5) is 4.39 Å². The van der Waals surface area contributed by atoms with E-state index in [1.165, 1.54) is 12.1 Å². The van der Waals surface area contributed by atoms with Gasteiger partial charge in [-0.15, -0.1) is 0 Å². The van der Waals surface area contributed by atoms with Crippen molar-refractivity contribution in [2.24, 2.45) is 0 Å². The fourth-order valence-corrected chi connectivity index (χ4v) is 2.01. The average molecular weight is 267 g/mol. The van der Waals surface area contributed by atoms with Crippen LogP contribution in [0.2, 0.25) is 0 Å². The number of nitrogens with one attached hydrogen (secondary N) is 1. The minimum Gasteiger partial charge on any atom is -0.382 e. The Morgan fingerprint density at radius 3 is 2.84 bits per heavy atom. The SMILES string of the molecule is COCCOCC(=O)NC1(c2cccc(F)c2)CC1. The van der Waals surface area contributed by atoms with Gasteiger partial charge in [0.05, 0.1) is 18.8 Å². The standard InChI is InChI=1S/C14H18FNO3/c1-18-7-8-19-10-13(17)16-14(5-6-14)11-3-2-4-12(15)9-11/h2-4,9H,5-8,10H2,1H3,(H,16,17). The second kappa shape index (κ2) is 6.12. The van der Waals surface area contributed by atoms with E-state index < -0.39 is 5.54 Å². The monoisotopic (exact) mass is 267 g/mol. The van der Waals surface area contributed by atoms with Gasteiger partial charge < -0.3 is 14.8 Å². The van der Waals surface area contributed by atoms with Crippen LogP contribution < -0.4 is 5.32 Å². The third-order valence-electron chi connectivity index (χ3n) is 3.17. The number of amides is 1. The summed E-state index contributed by atoms with van der Waals surface area (Å²) < 4.78 is 23.2. The van der Waals surface area contributed by atoms with E-state index in [4.69, 9.17) is 9.47 Å². The second-order valence-corrected chi connectivity index (χ2v) is 4.69. The number of carbonyl (C=O) groups is 1. The van der Waals surface area contributed by atoms with Gasteiger partial charge in [-0.1, -0.05) is 12.1 Å². The highest BCUT2D eigenvalue weighted by molar-refractivity contribution is 5.78. The fraction of sp³-hybridized carbons (Fsp3) is 0.500. The molecule has 104 valence electrons. The van der Waals surface area contributed by atoms with E-state index in [0.717, 1.165) is 18.4 Å². The number of carbonyl (C=O) groups excluding carboxylic acids is 1. The molecule has 0 atom stereocenters. The number of ether oxygens (including phenoxy) is 2. The Morgan fingerprint density at radius 1 is 1.42 bits per heavy atom. The Balaban J connectivity index is 1.86. The predicted octanol–water partition coefficient (Wildman–Crippen LogP) is 1.59. The summed E-state index contributed by atoms with van der Waals surface area (Å²) in [5.74, 6) is -0.466. The molecule has 5 heteroatoms. The molecule has 1 fully saturated rings. The first-order valence-electron chi connectivity index (χ1n) is 6.30. The van der Waals surface area contributed by atoms with Crippen LogP contribution >= 0.6 is 0 Å². The molecule has 0 heterocycles. The molecule has 1 saturated carbocycles. The molecule has 0 bridgehead atoms. The molecule has 19 heavy (non-hydrogen) atoms. The quantitative estimate of drug-likeness (QED) is 0.763. The average Bonchev–Trinajstić information content (AvgIpc) is 3.16. The van der Waals surface area contributed by atoms with Crippen molar-refractivity contribution in [1.29, 1.82) is 0 Å². The summed E-state index contributed by atoms with van der Waals surface area (Å²) in [6.45, 7) is 0.847. The van der Waals surface area contributed by atoms with Gasteiger partial charge in [0, 0.05) is 7.11 Å². The molecule has 1 aliphatic rings. The van der Waals surface area contributed by atoms with Crippen LogP contribution in [0.3, 0.4) is 0 Å². The number of hydrogen-bond donors (Lipinski definition) is 1. The van der Waals surface area contributed by atoms with E-state index in [9.17, 15) is 9.18 Å². The first-order valence-corrected chi connectivity index (χ1v) is 6.30. The van der Waals surface area contributed by atoms with Crippen LogP contribution in [0.1, 0.15) is 18.4 Å². The molecule has 0 unspecified atom stereocenters. The van der Waals surface area contributed by atoms with Crippen LogP contribution in [-0.4, -0.2) is 32.8 Å². The number of halogens is 1. The van der Waals surface area contributed by atoms with Crippen LogP contribution in [0.5, 0.6) is 0 Å². The maximum Gasteiger partial charge on any atom is 0.246 e. The van der Waals surface area contributed by atoms with E-state index in [1.54, 1.807) is 13.2 Å². The normalized spacial score (nSPS) is 16.1. The summed E-state index contributed by atoms with van der Waals surface area (Å²) in [5, 5.41) is 2.92. The maximum atomic E-state index is 13.2. The van der Waals surface area contributed by atoms with Gasteiger partial charge in [0.25, 0.3) is 0 Å². The van der Waals surface area contributed by atoms with E-state index in [0.29, 0.717) is 13.2 Å². The molecule has 0 radical (unpaired) electrons. The van der Waals surface area contributed by atoms with Gasteiger partial charge in [-0.05, 0) is 30.5 Å². The molecule has 1 aromatic rings. The molecule has 0 aliphatic heterocycles. The summed E-state index contributed by atoms with van der Waals surface area (Å²) in [6, 6.07) is 6.36. The summed E-state index contributed by atoms with van der Waals surface area (Å²) in [7, 11) is 1.58. The van der Waals surface area contributed by atoms with Crippen molar-refractivity contribution in [2.75, 3.05) is 26.9 Å². The molecule has 0 spiro atoms. The van der Waals surface area contributed by atoms with E-state index in [1.807, 2.05) is 6.07 Å². The van der Waals surface area contributed by atoms with E-state index >= 15 is 0 Å². The van der Waals surface area contributed by atoms with Gasteiger partial charge in [-0.2, -0.15) is 0 Å². The maximum absolute atomic E-state index is 13.2. The number of hydrogen-bond acceptors (Lipinski definition) is 3. The summed E-state index contributed by atoms with van der Waals surface area (Å²) in [4.78, 5) is 11.7. The molecular weight excluding hydrogens is 249 g/mol. The zero-order chi connectivity index (χ0) is 13.7. The zero-order valence-corrected chi connectivity index (χ0v) is 10.9. The van der Waals surface area contributed by atoms with Gasteiger partial charge in [-0.3, -0.25) is 4.79 Å². The Morgan fingerprint density at radius 2 is 2.21 bits per heavy atom. The molecule has 0 aromatic heterocycles. The van der Waals surface area contributed by atoms with Crippen LogP contribution in [-0.2, 0) is 19.8 Å². The third kappa shape index (κ3) is 3.75. The summed E-state index contributed by atoms with van der Waals surface area (Å²) in [5.41, 5.74) is 0.418. The molecular formula is C14H18FNO3. The lowest BCUT2D eigenvalue weighted by Crippen LogP contribution is -2.37. The molecule has 1 N–H and O–H groups in total. The van der Waals surface area contributed by atoms with Gasteiger partial charge in [0.15, 0.2) is 0 Å². The lowest BCUT2D eigenvalue weighted by atomic mass is 10.0. The predicted molar refractivity (Wildman–Crippen MR) is 68.1 cm³/mol. The van der Waals surface area contributed by atoms with E-state index in [-0.39, 0.29) is 18.3 Å². The van der Waals surface area contributed by atoms with Gasteiger partial charge in [0.1, 0.15) is 12.4 Å². The Bertz CT molecular complexity index is 446. The molecule has 2 rings (SSSR count). The largest absolute Gasteiger partial charge is 0.382 e. The number of methoxy groups -OCH3 is 1. The Labute approximate surface area is 111 Å². The number of benzene rings is 1. The molecule has 1 aliphatic carbocycles. The highest BCUT2D eigenvalue weighted by atomic mass is 19.1. The Kier molecular flexibility index (Phi) is 4.50. The molecule has 0 saturated heterocycles. The van der Waals surface area contributed by atoms with Gasteiger partial charge in [0.2, 0.25) is 5.91 Å². The second-order valence-electron chi connectivity index (χ2n) is 4.69. The van der Waals surface area contributed by atoms with Crippen molar-refractivity contribution in [3.63, 3.8) is 0 Å². The van der Waals surface area contributed by atoms with Crippen LogP contribution in [0.25, 0.3) is 0 Å². The smallest absolute Gasteiger partial charge is 0.246 e. The lowest BCUT2D eigenvalue weighted by molar-refractivity contribution is -0.127. The van der Waals surface area contributed by atoms with Crippen molar-refractivity contribution in [1.82, 2.24) is 5.32 Å². The summed E-state index contributed by atoms with van der Waals surface area (Å²) >= 11 is 0. The first-order chi connectivity index (χ1) is 9.16. The Hall–Kier alpha value is -1.46. The van der Waals surface area contributed by atoms with Crippen molar-refractivity contribution in [3.8, 4) is 0 Å². The van der Waals surface area contributed by atoms with Crippen molar-refractivity contribution in [2.45, 2.75) is 18.4 Å². The minimum atomic E-state index is -0.399. The van der Waals surface area contributed by atoms with Crippen LogP contribution in [0, 0.1) is 5.82 Å². The molecule has 1 amide bonds. The summed E-state index contributed by atoms with van der Waals surface area (Å²) in [6.07, 6.45) is 1.67.